The number of hydrogen-bond donors (Lipinski definition) is 0. The zero-order valence-electron chi connectivity index (χ0n) is 9.89. The van der Waals surface area contributed by atoms with Crippen LogP contribution in [0, 0.1) is 12.7 Å². The standard InChI is InChI=1S/C12H14F4O2/c1-9-3-4-10(7-11(9)13)18-6-2-5-17-8-12(14,15)16/h3-4,7H,2,5-6,8H2,1H3. The Bertz CT molecular complexity index is 377. The van der Waals surface area contributed by atoms with E-state index in [0.717, 1.165) is 0 Å². The van der Waals surface area contributed by atoms with Crippen molar-refractivity contribution in [2.24, 2.45) is 0 Å². The molecule has 0 spiro atoms. The van der Waals surface area contributed by atoms with Crippen molar-refractivity contribution in [1.82, 2.24) is 0 Å². The molecule has 0 aliphatic carbocycles. The minimum atomic E-state index is -4.30. The SMILES string of the molecule is Cc1ccc(OCCCOCC(F)(F)F)cc1F. The monoisotopic (exact) mass is 266 g/mol. The van der Waals surface area contributed by atoms with Crippen LogP contribution in [0.25, 0.3) is 0 Å². The summed E-state index contributed by atoms with van der Waals surface area (Å²) in [5, 5.41) is 0. The molecule has 0 saturated heterocycles. The smallest absolute Gasteiger partial charge is 0.411 e. The molecular formula is C12H14F4O2. The lowest BCUT2D eigenvalue weighted by Crippen LogP contribution is -2.18. The van der Waals surface area contributed by atoms with Crippen molar-refractivity contribution in [3.05, 3.63) is 29.6 Å². The topological polar surface area (TPSA) is 18.5 Å². The molecule has 6 heteroatoms. The lowest BCUT2D eigenvalue weighted by Gasteiger charge is -2.09. The molecule has 1 rings (SSSR count). The van der Waals surface area contributed by atoms with Gasteiger partial charge in [0.2, 0.25) is 0 Å². The van der Waals surface area contributed by atoms with E-state index in [1.807, 2.05) is 0 Å². The van der Waals surface area contributed by atoms with Gasteiger partial charge in [-0.2, -0.15) is 13.2 Å². The number of alkyl halides is 3. The number of aryl methyl sites for hydroxylation is 1. The van der Waals surface area contributed by atoms with Crippen LogP contribution >= 0.6 is 0 Å². The average molecular weight is 266 g/mol. The molecule has 1 aromatic carbocycles. The second-order valence-corrected chi connectivity index (χ2v) is 3.78. The molecule has 0 amide bonds. The number of hydrogen-bond acceptors (Lipinski definition) is 2. The molecule has 0 fully saturated rings. The summed E-state index contributed by atoms with van der Waals surface area (Å²) in [4.78, 5) is 0. The van der Waals surface area contributed by atoms with Crippen LogP contribution in [0.4, 0.5) is 17.6 Å². The predicted molar refractivity (Wildman–Crippen MR) is 58.1 cm³/mol. The third-order valence-corrected chi connectivity index (χ3v) is 2.11. The van der Waals surface area contributed by atoms with Crippen LogP contribution in [0.2, 0.25) is 0 Å². The Morgan fingerprint density at radius 3 is 2.50 bits per heavy atom. The Labute approximate surface area is 103 Å². The van der Waals surface area contributed by atoms with Crippen molar-refractivity contribution in [1.29, 1.82) is 0 Å². The van der Waals surface area contributed by atoms with Crippen LogP contribution in [0.5, 0.6) is 5.75 Å². The van der Waals surface area contributed by atoms with Gasteiger partial charge in [0, 0.05) is 12.5 Å². The van der Waals surface area contributed by atoms with Crippen molar-refractivity contribution in [2.75, 3.05) is 19.8 Å². The van der Waals surface area contributed by atoms with Crippen LogP contribution in [-0.4, -0.2) is 26.0 Å². The van der Waals surface area contributed by atoms with Gasteiger partial charge in [0.25, 0.3) is 0 Å². The van der Waals surface area contributed by atoms with Gasteiger partial charge in [0.1, 0.15) is 18.2 Å². The maximum atomic E-state index is 13.1. The van der Waals surface area contributed by atoms with Crippen LogP contribution in [0.1, 0.15) is 12.0 Å². The summed E-state index contributed by atoms with van der Waals surface area (Å²) in [5.74, 6) is -0.0188. The summed E-state index contributed by atoms with van der Waals surface area (Å²) in [6, 6.07) is 4.42. The number of ether oxygens (including phenoxy) is 2. The Kier molecular flexibility index (Phi) is 5.40. The van der Waals surface area contributed by atoms with E-state index in [0.29, 0.717) is 17.7 Å². The Hall–Kier alpha value is -1.30. The molecule has 0 bridgehead atoms. The molecule has 0 atom stereocenters. The third-order valence-electron chi connectivity index (χ3n) is 2.11. The van der Waals surface area contributed by atoms with E-state index in [4.69, 9.17) is 4.74 Å². The molecule has 0 aliphatic rings. The van der Waals surface area contributed by atoms with E-state index in [2.05, 4.69) is 4.74 Å². The van der Waals surface area contributed by atoms with Crippen LogP contribution in [0.3, 0.4) is 0 Å². The largest absolute Gasteiger partial charge is 0.493 e. The minimum Gasteiger partial charge on any atom is -0.493 e. The highest BCUT2D eigenvalue weighted by atomic mass is 19.4. The fraction of sp³-hybridized carbons (Fsp3) is 0.500. The first-order chi connectivity index (χ1) is 8.38. The number of benzene rings is 1. The zero-order chi connectivity index (χ0) is 13.6. The van der Waals surface area contributed by atoms with Gasteiger partial charge < -0.3 is 9.47 Å². The normalized spacial score (nSPS) is 11.6. The summed E-state index contributed by atoms with van der Waals surface area (Å²) >= 11 is 0. The zero-order valence-corrected chi connectivity index (χ0v) is 9.89. The van der Waals surface area contributed by atoms with Crippen LogP contribution in [-0.2, 0) is 4.74 Å². The molecule has 0 heterocycles. The minimum absolute atomic E-state index is 0.0478. The molecule has 0 aromatic heterocycles. The van der Waals surface area contributed by atoms with Gasteiger partial charge in [-0.15, -0.1) is 0 Å². The van der Waals surface area contributed by atoms with Crippen molar-refractivity contribution < 1.29 is 27.0 Å². The summed E-state index contributed by atoms with van der Waals surface area (Å²) in [6.07, 6.45) is -3.99. The maximum absolute atomic E-state index is 13.1. The Morgan fingerprint density at radius 1 is 1.17 bits per heavy atom. The first-order valence-corrected chi connectivity index (χ1v) is 5.42. The molecule has 0 aliphatic heterocycles. The van der Waals surface area contributed by atoms with E-state index in [9.17, 15) is 17.6 Å². The average Bonchev–Trinajstić information content (AvgIpc) is 2.26. The second kappa shape index (κ2) is 6.58. The number of halogens is 4. The Balaban J connectivity index is 2.16. The maximum Gasteiger partial charge on any atom is 0.411 e. The molecule has 1 aromatic rings. The molecule has 2 nitrogen and oxygen atoms in total. The molecule has 0 radical (unpaired) electrons. The summed E-state index contributed by atoms with van der Waals surface area (Å²) < 4.78 is 57.8. The third kappa shape index (κ3) is 5.86. The highest BCUT2D eigenvalue weighted by Gasteiger charge is 2.27. The summed E-state index contributed by atoms with van der Waals surface area (Å²) in [5.41, 5.74) is 0.510. The van der Waals surface area contributed by atoms with E-state index in [-0.39, 0.29) is 19.0 Å². The van der Waals surface area contributed by atoms with Crippen LogP contribution < -0.4 is 4.74 Å². The summed E-state index contributed by atoms with van der Waals surface area (Å²) in [6.45, 7) is 0.504. The first kappa shape index (κ1) is 14.8. The molecule has 0 N–H and O–H groups in total. The van der Waals surface area contributed by atoms with Crippen molar-refractivity contribution in [2.45, 2.75) is 19.5 Å². The van der Waals surface area contributed by atoms with Gasteiger partial charge in [-0.3, -0.25) is 0 Å². The fourth-order valence-electron chi connectivity index (χ4n) is 1.20. The van der Waals surface area contributed by atoms with Gasteiger partial charge in [-0.25, -0.2) is 4.39 Å². The highest BCUT2D eigenvalue weighted by molar-refractivity contribution is 5.27. The van der Waals surface area contributed by atoms with Crippen molar-refractivity contribution in [3.8, 4) is 5.75 Å². The summed E-state index contributed by atoms with van der Waals surface area (Å²) in [7, 11) is 0. The lowest BCUT2D eigenvalue weighted by molar-refractivity contribution is -0.174. The first-order valence-electron chi connectivity index (χ1n) is 5.42. The van der Waals surface area contributed by atoms with Gasteiger partial charge >= 0.3 is 6.18 Å². The lowest BCUT2D eigenvalue weighted by atomic mass is 10.2. The quantitative estimate of drug-likeness (QED) is 0.579. The number of rotatable bonds is 6. The fourth-order valence-corrected chi connectivity index (χ4v) is 1.20. The second-order valence-electron chi connectivity index (χ2n) is 3.78. The van der Waals surface area contributed by atoms with E-state index >= 15 is 0 Å². The predicted octanol–water partition coefficient (Wildman–Crippen LogP) is 3.48. The van der Waals surface area contributed by atoms with E-state index < -0.39 is 12.8 Å². The molecular weight excluding hydrogens is 252 g/mol. The van der Waals surface area contributed by atoms with Crippen LogP contribution in [0.15, 0.2) is 18.2 Å². The van der Waals surface area contributed by atoms with Crippen molar-refractivity contribution in [3.63, 3.8) is 0 Å². The van der Waals surface area contributed by atoms with Gasteiger partial charge in [-0.05, 0) is 18.6 Å². The van der Waals surface area contributed by atoms with Gasteiger partial charge in [0.15, 0.2) is 0 Å². The molecule has 102 valence electrons. The van der Waals surface area contributed by atoms with Gasteiger partial charge in [0.05, 0.1) is 13.2 Å². The Morgan fingerprint density at radius 2 is 1.89 bits per heavy atom. The molecule has 18 heavy (non-hydrogen) atoms. The molecule has 0 unspecified atom stereocenters. The van der Waals surface area contributed by atoms with E-state index in [1.54, 1.807) is 19.1 Å². The van der Waals surface area contributed by atoms with Gasteiger partial charge in [-0.1, -0.05) is 6.07 Å². The van der Waals surface area contributed by atoms with E-state index in [1.165, 1.54) is 6.07 Å². The highest BCUT2D eigenvalue weighted by Crippen LogP contribution is 2.16. The van der Waals surface area contributed by atoms with Crippen molar-refractivity contribution >= 4 is 0 Å². The molecule has 0 saturated carbocycles.